The Morgan fingerprint density at radius 3 is 3.10 bits per heavy atom. The van der Waals surface area contributed by atoms with Crippen LogP contribution >= 0.6 is 0 Å². The zero-order valence-corrected chi connectivity index (χ0v) is 12.7. The molecule has 21 heavy (non-hydrogen) atoms. The summed E-state index contributed by atoms with van der Waals surface area (Å²) in [6.07, 6.45) is 7.12. The van der Waals surface area contributed by atoms with E-state index < -0.39 is 0 Å². The molecule has 2 unspecified atom stereocenters. The van der Waals surface area contributed by atoms with Crippen molar-refractivity contribution < 1.29 is 0 Å². The molecule has 2 atom stereocenters. The predicted octanol–water partition coefficient (Wildman–Crippen LogP) is 2.68. The molecule has 0 saturated heterocycles. The molecule has 1 heterocycles. The number of hydrogen-bond donors (Lipinski definition) is 1. The van der Waals surface area contributed by atoms with Gasteiger partial charge in [0.2, 0.25) is 0 Å². The van der Waals surface area contributed by atoms with Gasteiger partial charge in [-0.05, 0) is 42.7 Å². The Bertz CT molecular complexity index is 590. The topological polar surface area (TPSA) is 56.7 Å². The molecule has 0 radical (unpaired) electrons. The average molecular weight is 284 g/mol. The molecule has 3 rings (SSSR count). The Labute approximate surface area is 126 Å². The van der Waals surface area contributed by atoms with E-state index in [1.165, 1.54) is 30.4 Å². The predicted molar refractivity (Wildman–Crippen MR) is 84.1 cm³/mol. The molecule has 0 amide bonds. The number of nitrogens with zero attached hydrogens (tertiary/aromatic N) is 3. The van der Waals surface area contributed by atoms with E-state index in [1.54, 1.807) is 6.33 Å². The highest BCUT2D eigenvalue weighted by atomic mass is 15.3. The van der Waals surface area contributed by atoms with Crippen molar-refractivity contribution in [3.8, 4) is 0 Å². The van der Waals surface area contributed by atoms with E-state index in [0.717, 1.165) is 25.2 Å². The number of hydrogen-bond acceptors (Lipinski definition) is 3. The fraction of sp³-hybridized carbons (Fsp3) is 0.529. The fourth-order valence-electron chi connectivity index (χ4n) is 3.43. The molecule has 4 nitrogen and oxygen atoms in total. The van der Waals surface area contributed by atoms with Gasteiger partial charge < -0.3 is 5.73 Å². The van der Waals surface area contributed by atoms with Crippen molar-refractivity contribution >= 4 is 0 Å². The highest BCUT2D eigenvalue weighted by Crippen LogP contribution is 2.34. The van der Waals surface area contributed by atoms with E-state index in [1.807, 2.05) is 4.68 Å². The molecule has 4 heteroatoms. The molecule has 0 fully saturated rings. The Kier molecular flexibility index (Phi) is 4.34. The summed E-state index contributed by atoms with van der Waals surface area (Å²) < 4.78 is 1.99. The first-order valence-corrected chi connectivity index (χ1v) is 7.99. The third-order valence-electron chi connectivity index (χ3n) is 4.48. The molecule has 1 aromatic heterocycles. The summed E-state index contributed by atoms with van der Waals surface area (Å²) >= 11 is 0. The lowest BCUT2D eigenvalue weighted by Gasteiger charge is -2.30. The van der Waals surface area contributed by atoms with Gasteiger partial charge in [0.05, 0.1) is 0 Å². The number of aryl methyl sites for hydroxylation is 2. The number of benzene rings is 1. The number of aromatic nitrogens is 3. The Balaban J connectivity index is 1.77. The van der Waals surface area contributed by atoms with Gasteiger partial charge in [-0.25, -0.2) is 4.98 Å². The van der Waals surface area contributed by atoms with Crippen molar-refractivity contribution in [1.29, 1.82) is 0 Å². The molecular formula is C17H24N4. The maximum atomic E-state index is 6.54. The van der Waals surface area contributed by atoms with Gasteiger partial charge in [-0.15, -0.1) is 0 Å². The Hall–Kier alpha value is -1.68. The zero-order chi connectivity index (χ0) is 14.7. The molecule has 1 aliphatic carbocycles. The summed E-state index contributed by atoms with van der Waals surface area (Å²) in [5.41, 5.74) is 9.45. The largest absolute Gasteiger partial charge is 0.327 e. The first-order valence-electron chi connectivity index (χ1n) is 7.99. The second-order valence-electron chi connectivity index (χ2n) is 5.96. The lowest BCUT2D eigenvalue weighted by Crippen LogP contribution is -2.34. The maximum absolute atomic E-state index is 6.54. The van der Waals surface area contributed by atoms with Crippen LogP contribution in [-0.2, 0) is 19.4 Å². The minimum absolute atomic E-state index is 0.117. The summed E-state index contributed by atoms with van der Waals surface area (Å²) in [7, 11) is 0. The van der Waals surface area contributed by atoms with Crippen LogP contribution in [0, 0.1) is 0 Å². The van der Waals surface area contributed by atoms with Gasteiger partial charge in [0.15, 0.2) is 0 Å². The number of rotatable bonds is 5. The van der Waals surface area contributed by atoms with E-state index in [2.05, 4.69) is 41.3 Å². The lowest BCUT2D eigenvalue weighted by atomic mass is 9.78. The van der Waals surface area contributed by atoms with Crippen LogP contribution in [0.4, 0.5) is 0 Å². The summed E-state index contributed by atoms with van der Waals surface area (Å²) in [6, 6.07) is 8.86. The third-order valence-corrected chi connectivity index (χ3v) is 4.48. The van der Waals surface area contributed by atoms with E-state index in [4.69, 9.17) is 5.73 Å². The lowest BCUT2D eigenvalue weighted by molar-refractivity contribution is 0.442. The number of nitrogens with two attached hydrogens (primary N) is 1. The van der Waals surface area contributed by atoms with Gasteiger partial charge >= 0.3 is 0 Å². The zero-order valence-electron chi connectivity index (χ0n) is 12.7. The monoisotopic (exact) mass is 284 g/mol. The van der Waals surface area contributed by atoms with Crippen LogP contribution < -0.4 is 5.73 Å². The normalized spacial score (nSPS) is 19.2. The van der Waals surface area contributed by atoms with Gasteiger partial charge in [0.1, 0.15) is 12.2 Å². The van der Waals surface area contributed by atoms with Gasteiger partial charge in [-0.1, -0.05) is 31.2 Å². The van der Waals surface area contributed by atoms with Crippen LogP contribution in [0.1, 0.15) is 49.1 Å². The highest BCUT2D eigenvalue weighted by Gasteiger charge is 2.26. The second kappa shape index (κ2) is 6.39. The van der Waals surface area contributed by atoms with E-state index >= 15 is 0 Å². The smallest absolute Gasteiger partial charge is 0.138 e. The Morgan fingerprint density at radius 2 is 2.24 bits per heavy atom. The molecule has 0 bridgehead atoms. The van der Waals surface area contributed by atoms with Gasteiger partial charge in [0.25, 0.3) is 0 Å². The minimum Gasteiger partial charge on any atom is -0.327 e. The third kappa shape index (κ3) is 3.00. The molecule has 0 aliphatic heterocycles. The minimum atomic E-state index is 0.117. The van der Waals surface area contributed by atoms with E-state index in [0.29, 0.717) is 5.92 Å². The fourth-order valence-corrected chi connectivity index (χ4v) is 3.43. The molecule has 1 aromatic carbocycles. The second-order valence-corrected chi connectivity index (χ2v) is 5.96. The highest BCUT2D eigenvalue weighted by molar-refractivity contribution is 5.33. The van der Waals surface area contributed by atoms with Crippen LogP contribution in [0.25, 0.3) is 0 Å². The van der Waals surface area contributed by atoms with E-state index in [-0.39, 0.29) is 6.04 Å². The maximum Gasteiger partial charge on any atom is 0.138 e. The molecular weight excluding hydrogens is 260 g/mol. The molecule has 0 spiro atoms. The van der Waals surface area contributed by atoms with Crippen LogP contribution in [0.5, 0.6) is 0 Å². The van der Waals surface area contributed by atoms with Crippen molar-refractivity contribution in [3.63, 3.8) is 0 Å². The van der Waals surface area contributed by atoms with Crippen LogP contribution in [-0.4, -0.2) is 20.8 Å². The molecule has 2 N–H and O–H groups in total. The molecule has 1 aliphatic rings. The van der Waals surface area contributed by atoms with Crippen molar-refractivity contribution in [3.05, 3.63) is 47.5 Å². The van der Waals surface area contributed by atoms with Crippen LogP contribution in [0.3, 0.4) is 0 Å². The summed E-state index contributed by atoms with van der Waals surface area (Å²) in [6.45, 7) is 3.08. The van der Waals surface area contributed by atoms with Crippen molar-refractivity contribution in [1.82, 2.24) is 14.8 Å². The summed E-state index contributed by atoms with van der Waals surface area (Å²) in [5, 5.41) is 4.30. The quantitative estimate of drug-likeness (QED) is 0.918. The van der Waals surface area contributed by atoms with E-state index in [9.17, 15) is 0 Å². The van der Waals surface area contributed by atoms with Gasteiger partial charge in [0, 0.05) is 19.0 Å². The summed E-state index contributed by atoms with van der Waals surface area (Å²) in [5.74, 6) is 1.47. The van der Waals surface area contributed by atoms with Crippen molar-refractivity contribution in [2.24, 2.45) is 5.73 Å². The summed E-state index contributed by atoms with van der Waals surface area (Å²) in [4.78, 5) is 4.40. The van der Waals surface area contributed by atoms with Crippen LogP contribution in [0.2, 0.25) is 0 Å². The molecule has 112 valence electrons. The first-order chi connectivity index (χ1) is 10.3. The first kappa shape index (κ1) is 14.3. The van der Waals surface area contributed by atoms with Gasteiger partial charge in [-0.2, -0.15) is 5.10 Å². The average Bonchev–Trinajstić information content (AvgIpc) is 2.94. The van der Waals surface area contributed by atoms with Crippen LogP contribution in [0.15, 0.2) is 30.6 Å². The SMILES string of the molecule is CCCn1ncnc1CC(N)C1CCCc2ccccc21. The van der Waals surface area contributed by atoms with Crippen molar-refractivity contribution in [2.75, 3.05) is 0 Å². The standard InChI is InChI=1S/C17H24N4/c1-2-10-21-17(19-12-20-21)11-16(18)15-9-5-7-13-6-3-4-8-14(13)15/h3-4,6,8,12,15-16H,2,5,7,9-11,18H2,1H3. The van der Waals surface area contributed by atoms with Crippen molar-refractivity contribution in [2.45, 2.75) is 57.5 Å². The molecule has 0 saturated carbocycles. The Morgan fingerprint density at radius 1 is 1.38 bits per heavy atom. The number of fused-ring (bicyclic) bond motifs is 1. The van der Waals surface area contributed by atoms with Gasteiger partial charge in [-0.3, -0.25) is 4.68 Å². The molecule has 2 aromatic rings.